The maximum Gasteiger partial charge on any atom is 0.161 e. The van der Waals surface area contributed by atoms with Crippen molar-refractivity contribution in [3.05, 3.63) is 41.4 Å². The first-order valence-corrected chi connectivity index (χ1v) is 10.3. The normalized spacial score (nSPS) is 11.8. The van der Waals surface area contributed by atoms with Crippen molar-refractivity contribution >= 4 is 21.2 Å². The number of allylic oxidation sites excluding steroid dienone is 1. The van der Waals surface area contributed by atoms with Gasteiger partial charge < -0.3 is 9.47 Å². The van der Waals surface area contributed by atoms with Crippen LogP contribution in [0, 0.1) is 0 Å². The fourth-order valence-corrected chi connectivity index (χ4v) is 4.23. The van der Waals surface area contributed by atoms with Gasteiger partial charge in [-0.3, -0.25) is 0 Å². The third-order valence-electron chi connectivity index (χ3n) is 3.22. The largest absolute Gasteiger partial charge is 0.493 e. The summed E-state index contributed by atoms with van der Waals surface area (Å²) in [5.41, 5.74) is 1.43. The van der Waals surface area contributed by atoms with Crippen molar-refractivity contribution in [2.75, 3.05) is 19.5 Å². The van der Waals surface area contributed by atoms with Crippen LogP contribution in [0.25, 0.3) is 10.6 Å². The van der Waals surface area contributed by atoms with E-state index in [4.69, 9.17) is 9.47 Å². The molecule has 0 spiro atoms. The van der Waals surface area contributed by atoms with Crippen molar-refractivity contribution in [2.45, 2.75) is 19.6 Å². The average Bonchev–Trinajstić information content (AvgIpc) is 3.01. The highest BCUT2D eigenvalue weighted by molar-refractivity contribution is 7.90. The summed E-state index contributed by atoms with van der Waals surface area (Å²) in [6.45, 7) is 4.27. The Bertz CT molecular complexity index is 810. The number of nitrogens with zero attached hydrogens (tertiary/aromatic N) is 1. The predicted octanol–water partition coefficient (Wildman–Crippen LogP) is 3.71. The van der Waals surface area contributed by atoms with Gasteiger partial charge in [0.15, 0.2) is 21.3 Å². The highest BCUT2D eigenvalue weighted by Crippen LogP contribution is 2.34. The molecule has 0 aliphatic heterocycles. The standard InChI is InChI=1S/C17H21NO4S2/c1-4-6-9-24(19,20)12-14-11-23-17(18-14)13-7-8-15(22-5-2)16(10-13)21-3/h4,6-8,10-11H,5,9,12H2,1-3H3. The summed E-state index contributed by atoms with van der Waals surface area (Å²) in [6.07, 6.45) is 3.37. The Morgan fingerprint density at radius 3 is 2.75 bits per heavy atom. The van der Waals surface area contributed by atoms with Crippen LogP contribution in [-0.2, 0) is 15.6 Å². The molecule has 2 rings (SSSR count). The number of hydrogen-bond donors (Lipinski definition) is 0. The second-order valence-electron chi connectivity index (χ2n) is 5.07. The van der Waals surface area contributed by atoms with Crippen LogP contribution < -0.4 is 9.47 Å². The van der Waals surface area contributed by atoms with Gasteiger partial charge in [0.1, 0.15) is 5.01 Å². The highest BCUT2D eigenvalue weighted by atomic mass is 32.2. The molecule has 0 atom stereocenters. The van der Waals surface area contributed by atoms with Crippen molar-refractivity contribution in [1.29, 1.82) is 0 Å². The Labute approximate surface area is 146 Å². The van der Waals surface area contributed by atoms with E-state index >= 15 is 0 Å². The Hall–Kier alpha value is -1.86. The van der Waals surface area contributed by atoms with Gasteiger partial charge in [0, 0.05) is 10.9 Å². The van der Waals surface area contributed by atoms with Crippen molar-refractivity contribution in [1.82, 2.24) is 4.98 Å². The molecule has 1 aromatic carbocycles. The van der Waals surface area contributed by atoms with Crippen LogP contribution in [0.3, 0.4) is 0 Å². The monoisotopic (exact) mass is 367 g/mol. The van der Waals surface area contributed by atoms with Crippen LogP contribution in [-0.4, -0.2) is 32.9 Å². The minimum atomic E-state index is -3.18. The molecule has 7 heteroatoms. The van der Waals surface area contributed by atoms with Gasteiger partial charge in [-0.15, -0.1) is 11.3 Å². The van der Waals surface area contributed by atoms with E-state index in [0.29, 0.717) is 23.8 Å². The molecular weight excluding hydrogens is 346 g/mol. The molecular formula is C17H21NO4S2. The number of ether oxygens (including phenoxy) is 2. The van der Waals surface area contributed by atoms with E-state index < -0.39 is 9.84 Å². The molecule has 0 N–H and O–H groups in total. The lowest BCUT2D eigenvalue weighted by atomic mass is 10.2. The van der Waals surface area contributed by atoms with Crippen LogP contribution >= 0.6 is 11.3 Å². The second-order valence-corrected chi connectivity index (χ2v) is 8.03. The number of methoxy groups -OCH3 is 1. The van der Waals surface area contributed by atoms with Crippen molar-refractivity contribution in [3.63, 3.8) is 0 Å². The van der Waals surface area contributed by atoms with Crippen LogP contribution in [0.1, 0.15) is 19.5 Å². The quantitative estimate of drug-likeness (QED) is 0.666. The molecule has 2 aromatic rings. The Balaban J connectivity index is 2.21. The molecule has 0 saturated heterocycles. The molecule has 1 heterocycles. The summed E-state index contributed by atoms with van der Waals surface area (Å²) >= 11 is 1.42. The van der Waals surface area contributed by atoms with E-state index in [9.17, 15) is 8.42 Å². The molecule has 0 bridgehead atoms. The van der Waals surface area contributed by atoms with Gasteiger partial charge in [0.2, 0.25) is 0 Å². The maximum absolute atomic E-state index is 12.0. The van der Waals surface area contributed by atoms with E-state index in [0.717, 1.165) is 10.6 Å². The van der Waals surface area contributed by atoms with Crippen LogP contribution in [0.4, 0.5) is 0 Å². The smallest absolute Gasteiger partial charge is 0.161 e. The zero-order valence-corrected chi connectivity index (χ0v) is 15.6. The fourth-order valence-electron chi connectivity index (χ4n) is 2.11. The Morgan fingerprint density at radius 2 is 2.08 bits per heavy atom. The van der Waals surface area contributed by atoms with Gasteiger partial charge in [-0.1, -0.05) is 12.2 Å². The first-order chi connectivity index (χ1) is 11.5. The molecule has 0 unspecified atom stereocenters. The zero-order chi connectivity index (χ0) is 17.6. The van der Waals surface area contributed by atoms with Gasteiger partial charge in [-0.25, -0.2) is 13.4 Å². The molecule has 0 aliphatic carbocycles. The third kappa shape index (κ3) is 4.82. The number of benzene rings is 1. The van der Waals surface area contributed by atoms with Gasteiger partial charge in [-0.2, -0.15) is 0 Å². The number of rotatable bonds is 8. The van der Waals surface area contributed by atoms with Crippen molar-refractivity contribution < 1.29 is 17.9 Å². The van der Waals surface area contributed by atoms with E-state index in [1.165, 1.54) is 11.3 Å². The summed E-state index contributed by atoms with van der Waals surface area (Å²) in [7, 11) is -1.59. The average molecular weight is 367 g/mol. The van der Waals surface area contributed by atoms with Crippen LogP contribution in [0.15, 0.2) is 35.7 Å². The molecule has 0 radical (unpaired) electrons. The first-order valence-electron chi connectivity index (χ1n) is 7.56. The van der Waals surface area contributed by atoms with E-state index in [-0.39, 0.29) is 11.5 Å². The molecule has 0 saturated carbocycles. The van der Waals surface area contributed by atoms with Crippen LogP contribution in [0.5, 0.6) is 11.5 Å². The molecule has 1 aromatic heterocycles. The summed E-state index contributed by atoms with van der Waals surface area (Å²) in [5, 5.41) is 2.54. The number of thiazole rings is 1. The molecule has 0 amide bonds. The lowest BCUT2D eigenvalue weighted by molar-refractivity contribution is 0.311. The fraction of sp³-hybridized carbons (Fsp3) is 0.353. The number of hydrogen-bond acceptors (Lipinski definition) is 6. The molecule has 5 nitrogen and oxygen atoms in total. The topological polar surface area (TPSA) is 65.5 Å². The van der Waals surface area contributed by atoms with Crippen LogP contribution in [0.2, 0.25) is 0 Å². The van der Waals surface area contributed by atoms with E-state index in [2.05, 4.69) is 4.98 Å². The Kier molecular flexibility index (Phi) is 6.39. The summed E-state index contributed by atoms with van der Waals surface area (Å²) in [6, 6.07) is 5.58. The molecule has 0 aliphatic rings. The van der Waals surface area contributed by atoms with E-state index in [1.807, 2.05) is 25.1 Å². The summed E-state index contributed by atoms with van der Waals surface area (Å²) < 4.78 is 34.8. The van der Waals surface area contributed by atoms with Crippen molar-refractivity contribution in [3.8, 4) is 22.1 Å². The van der Waals surface area contributed by atoms with Gasteiger partial charge in [0.25, 0.3) is 0 Å². The molecule has 24 heavy (non-hydrogen) atoms. The summed E-state index contributed by atoms with van der Waals surface area (Å²) in [5.74, 6) is 1.29. The summed E-state index contributed by atoms with van der Waals surface area (Å²) in [4.78, 5) is 4.44. The second kappa shape index (κ2) is 8.30. The SMILES string of the molecule is CC=CCS(=O)(=O)Cc1csc(-c2ccc(OCC)c(OC)c2)n1. The highest BCUT2D eigenvalue weighted by Gasteiger charge is 2.15. The van der Waals surface area contributed by atoms with Gasteiger partial charge in [0.05, 0.1) is 30.9 Å². The molecule has 0 fully saturated rings. The molecule has 130 valence electrons. The van der Waals surface area contributed by atoms with Gasteiger partial charge >= 0.3 is 0 Å². The lowest BCUT2D eigenvalue weighted by Crippen LogP contribution is -2.07. The third-order valence-corrected chi connectivity index (χ3v) is 5.59. The van der Waals surface area contributed by atoms with Crippen molar-refractivity contribution in [2.24, 2.45) is 0 Å². The number of sulfone groups is 1. The first kappa shape index (κ1) is 18.5. The number of aromatic nitrogens is 1. The zero-order valence-electron chi connectivity index (χ0n) is 14.0. The Morgan fingerprint density at radius 1 is 1.29 bits per heavy atom. The maximum atomic E-state index is 12.0. The minimum absolute atomic E-state index is 0.0350. The lowest BCUT2D eigenvalue weighted by Gasteiger charge is -2.09. The predicted molar refractivity (Wildman–Crippen MR) is 97.6 cm³/mol. The van der Waals surface area contributed by atoms with Gasteiger partial charge in [-0.05, 0) is 32.0 Å². The minimum Gasteiger partial charge on any atom is -0.493 e. The van der Waals surface area contributed by atoms with E-state index in [1.54, 1.807) is 31.6 Å².